The molecule has 0 aliphatic heterocycles. The van der Waals surface area contributed by atoms with E-state index in [0.717, 1.165) is 15.8 Å². The molecule has 1 atom stereocenters. The van der Waals surface area contributed by atoms with Gasteiger partial charge in [0.1, 0.15) is 10.7 Å². The van der Waals surface area contributed by atoms with Gasteiger partial charge in [-0.1, -0.05) is 0 Å². The maximum Gasteiger partial charge on any atom is 0.244 e. The molecule has 21 heavy (non-hydrogen) atoms. The van der Waals surface area contributed by atoms with Crippen LogP contribution in [0.5, 0.6) is 0 Å². The van der Waals surface area contributed by atoms with Crippen LogP contribution >= 0.6 is 11.3 Å². The predicted molar refractivity (Wildman–Crippen MR) is 83.3 cm³/mol. The average Bonchev–Trinajstić information content (AvgIpc) is 2.80. The maximum atomic E-state index is 14.1. The summed E-state index contributed by atoms with van der Waals surface area (Å²) < 4.78 is 41.2. The summed E-state index contributed by atoms with van der Waals surface area (Å²) in [5, 5.41) is 0. The minimum absolute atomic E-state index is 0.204. The molecule has 0 amide bonds. The number of aryl methyl sites for hydroxylation is 2. The molecule has 0 saturated heterocycles. The molecule has 0 aliphatic rings. The van der Waals surface area contributed by atoms with Gasteiger partial charge in [0.15, 0.2) is 0 Å². The second-order valence-electron chi connectivity index (χ2n) is 4.94. The van der Waals surface area contributed by atoms with Gasteiger partial charge in [-0.3, -0.25) is 0 Å². The lowest BCUT2D eigenvalue weighted by Gasteiger charge is -2.14. The fourth-order valence-electron chi connectivity index (χ4n) is 2.00. The van der Waals surface area contributed by atoms with Crippen LogP contribution in [0.3, 0.4) is 0 Å². The Morgan fingerprint density at radius 3 is 2.52 bits per heavy atom. The summed E-state index contributed by atoms with van der Waals surface area (Å²) in [5.74, 6) is -0.772. The third kappa shape index (κ3) is 3.42. The van der Waals surface area contributed by atoms with Gasteiger partial charge in [-0.15, -0.1) is 11.3 Å². The van der Waals surface area contributed by atoms with E-state index in [9.17, 15) is 12.8 Å². The van der Waals surface area contributed by atoms with Crippen molar-refractivity contribution in [2.75, 3.05) is 5.73 Å². The number of benzene rings is 1. The standard InChI is InChI=1S/C14H17FN2O2S2/c1-8-6-11(16)7-13(14(8)15)21(18,19)17-10(3)12-5-4-9(2)20-12/h4-7,10,17H,16H2,1-3H3. The van der Waals surface area contributed by atoms with Crippen LogP contribution in [0.4, 0.5) is 10.1 Å². The Morgan fingerprint density at radius 1 is 1.29 bits per heavy atom. The van der Waals surface area contributed by atoms with Gasteiger partial charge < -0.3 is 5.73 Å². The largest absolute Gasteiger partial charge is 0.399 e. The van der Waals surface area contributed by atoms with Gasteiger partial charge in [0.2, 0.25) is 10.0 Å². The number of hydrogen-bond donors (Lipinski definition) is 2. The van der Waals surface area contributed by atoms with Crippen LogP contribution in [-0.2, 0) is 10.0 Å². The molecule has 1 aromatic heterocycles. The van der Waals surface area contributed by atoms with Crippen molar-refractivity contribution >= 4 is 27.0 Å². The molecule has 0 radical (unpaired) electrons. The number of thiophene rings is 1. The molecule has 1 heterocycles. The Kier molecular flexibility index (Phi) is 4.36. The summed E-state index contributed by atoms with van der Waals surface area (Å²) in [6.45, 7) is 5.15. The number of rotatable bonds is 4. The molecule has 7 heteroatoms. The number of hydrogen-bond acceptors (Lipinski definition) is 4. The van der Waals surface area contributed by atoms with Gasteiger partial charge in [0, 0.05) is 15.4 Å². The first-order valence-corrected chi connectivity index (χ1v) is 8.65. The quantitative estimate of drug-likeness (QED) is 0.847. The van der Waals surface area contributed by atoms with E-state index in [1.165, 1.54) is 24.3 Å². The predicted octanol–water partition coefficient (Wildman–Crippen LogP) is 3.13. The van der Waals surface area contributed by atoms with Crippen LogP contribution in [0, 0.1) is 19.7 Å². The molecule has 2 rings (SSSR count). The number of sulfonamides is 1. The molecule has 114 valence electrons. The van der Waals surface area contributed by atoms with E-state index in [2.05, 4.69) is 4.72 Å². The third-order valence-electron chi connectivity index (χ3n) is 3.05. The minimum atomic E-state index is -3.97. The van der Waals surface area contributed by atoms with Crippen molar-refractivity contribution in [1.29, 1.82) is 0 Å². The third-order valence-corrected chi connectivity index (χ3v) is 5.78. The Labute approximate surface area is 127 Å². The van der Waals surface area contributed by atoms with Gasteiger partial charge in [-0.2, -0.15) is 0 Å². The number of nitrogen functional groups attached to an aromatic ring is 1. The molecule has 0 aliphatic carbocycles. The fraction of sp³-hybridized carbons (Fsp3) is 0.286. The second-order valence-corrected chi connectivity index (χ2v) is 7.94. The van der Waals surface area contributed by atoms with Crippen molar-refractivity contribution in [2.45, 2.75) is 31.7 Å². The average molecular weight is 328 g/mol. The highest BCUT2D eigenvalue weighted by Gasteiger charge is 2.24. The molecule has 4 nitrogen and oxygen atoms in total. The maximum absolute atomic E-state index is 14.1. The summed E-state index contributed by atoms with van der Waals surface area (Å²) in [4.78, 5) is 1.54. The van der Waals surface area contributed by atoms with Crippen molar-refractivity contribution in [3.05, 3.63) is 45.4 Å². The lowest BCUT2D eigenvalue weighted by Crippen LogP contribution is -2.27. The van der Waals surface area contributed by atoms with Crippen molar-refractivity contribution in [3.63, 3.8) is 0 Å². The molecule has 0 saturated carbocycles. The monoisotopic (exact) mass is 328 g/mol. The Balaban J connectivity index is 2.35. The SMILES string of the molecule is Cc1ccc(C(C)NS(=O)(=O)c2cc(N)cc(C)c2F)s1. The summed E-state index contributed by atoms with van der Waals surface area (Å²) in [7, 11) is -3.97. The van der Waals surface area contributed by atoms with Crippen molar-refractivity contribution in [2.24, 2.45) is 0 Å². The van der Waals surface area contributed by atoms with E-state index < -0.39 is 26.8 Å². The Hall–Kier alpha value is -1.44. The van der Waals surface area contributed by atoms with Gasteiger partial charge in [-0.05, 0) is 50.6 Å². The summed E-state index contributed by atoms with van der Waals surface area (Å²) in [5.41, 5.74) is 6.03. The van der Waals surface area contributed by atoms with E-state index >= 15 is 0 Å². The number of anilines is 1. The normalized spacial score (nSPS) is 13.3. The zero-order chi connectivity index (χ0) is 15.8. The first-order valence-electron chi connectivity index (χ1n) is 6.35. The number of nitrogens with one attached hydrogen (secondary N) is 1. The molecular weight excluding hydrogens is 311 g/mol. The van der Waals surface area contributed by atoms with Crippen molar-refractivity contribution < 1.29 is 12.8 Å². The molecular formula is C14H17FN2O2S2. The van der Waals surface area contributed by atoms with E-state index in [4.69, 9.17) is 5.73 Å². The van der Waals surface area contributed by atoms with Crippen LogP contribution in [0.15, 0.2) is 29.2 Å². The zero-order valence-corrected chi connectivity index (χ0v) is 13.6. The highest BCUT2D eigenvalue weighted by atomic mass is 32.2. The molecule has 0 fully saturated rings. The van der Waals surface area contributed by atoms with Crippen molar-refractivity contribution in [1.82, 2.24) is 4.72 Å². The van der Waals surface area contributed by atoms with Crippen molar-refractivity contribution in [3.8, 4) is 0 Å². The first-order chi connectivity index (χ1) is 9.70. The molecule has 2 aromatic rings. The number of nitrogens with two attached hydrogens (primary N) is 1. The minimum Gasteiger partial charge on any atom is -0.399 e. The molecule has 0 spiro atoms. The zero-order valence-electron chi connectivity index (χ0n) is 12.0. The first kappa shape index (κ1) is 15.9. The van der Waals surface area contributed by atoms with Crippen LogP contribution in [0.25, 0.3) is 0 Å². The summed E-state index contributed by atoms with van der Waals surface area (Å²) in [6, 6.07) is 5.87. The molecule has 1 unspecified atom stereocenters. The van der Waals surface area contributed by atoms with Crippen LogP contribution in [0.1, 0.15) is 28.3 Å². The molecule has 3 N–H and O–H groups in total. The van der Waals surface area contributed by atoms with Gasteiger partial charge in [0.25, 0.3) is 0 Å². The van der Waals surface area contributed by atoms with E-state index in [0.29, 0.717) is 0 Å². The highest BCUT2D eigenvalue weighted by Crippen LogP contribution is 2.26. The summed E-state index contributed by atoms with van der Waals surface area (Å²) in [6.07, 6.45) is 0. The van der Waals surface area contributed by atoms with Crippen LogP contribution in [-0.4, -0.2) is 8.42 Å². The van der Waals surface area contributed by atoms with E-state index in [1.54, 1.807) is 6.92 Å². The van der Waals surface area contributed by atoms with E-state index in [1.807, 2.05) is 19.1 Å². The lowest BCUT2D eigenvalue weighted by molar-refractivity contribution is 0.545. The van der Waals surface area contributed by atoms with Crippen LogP contribution < -0.4 is 10.5 Å². The summed E-state index contributed by atoms with van der Waals surface area (Å²) >= 11 is 1.50. The smallest absolute Gasteiger partial charge is 0.244 e. The van der Waals surface area contributed by atoms with Gasteiger partial charge >= 0.3 is 0 Å². The lowest BCUT2D eigenvalue weighted by atomic mass is 10.2. The number of halogens is 1. The van der Waals surface area contributed by atoms with Gasteiger partial charge in [0.05, 0.1) is 6.04 Å². The Morgan fingerprint density at radius 2 is 1.95 bits per heavy atom. The Bertz CT molecular complexity index is 769. The highest BCUT2D eigenvalue weighted by molar-refractivity contribution is 7.89. The molecule has 1 aromatic carbocycles. The van der Waals surface area contributed by atoms with Gasteiger partial charge in [-0.25, -0.2) is 17.5 Å². The van der Waals surface area contributed by atoms with Crippen LogP contribution in [0.2, 0.25) is 0 Å². The fourth-order valence-corrected chi connectivity index (χ4v) is 4.36. The molecule has 0 bridgehead atoms. The van der Waals surface area contributed by atoms with E-state index in [-0.39, 0.29) is 11.3 Å². The topological polar surface area (TPSA) is 72.2 Å². The second kappa shape index (κ2) is 5.75.